The van der Waals surface area contributed by atoms with Crippen molar-refractivity contribution in [2.24, 2.45) is 5.10 Å². The highest BCUT2D eigenvalue weighted by Crippen LogP contribution is 2.30. The average molecular weight is 466 g/mol. The number of hydrogen-bond acceptors (Lipinski definition) is 5. The highest BCUT2D eigenvalue weighted by atomic mass is 35.5. The van der Waals surface area contributed by atoms with E-state index in [1.54, 1.807) is 12.1 Å². The molecule has 3 rings (SSSR count). The second-order valence-electron chi connectivity index (χ2n) is 7.45. The lowest BCUT2D eigenvalue weighted by molar-refractivity contribution is -0.123. The molecule has 0 spiro atoms. The van der Waals surface area contributed by atoms with E-state index in [2.05, 4.69) is 15.8 Å². The zero-order valence-corrected chi connectivity index (χ0v) is 19.2. The number of furan rings is 1. The summed E-state index contributed by atoms with van der Waals surface area (Å²) in [4.78, 5) is 24.7. The third-order valence-electron chi connectivity index (χ3n) is 5.09. The molecule has 0 saturated heterocycles. The van der Waals surface area contributed by atoms with Gasteiger partial charge in [-0.25, -0.2) is 5.43 Å². The fraction of sp³-hybridized carbons (Fsp3) is 0.409. The smallest absolute Gasteiger partial charge is 0.287 e. The van der Waals surface area contributed by atoms with Gasteiger partial charge < -0.3 is 14.5 Å². The molecule has 31 heavy (non-hydrogen) atoms. The second-order valence-corrected chi connectivity index (χ2v) is 8.29. The van der Waals surface area contributed by atoms with E-state index in [-0.39, 0.29) is 18.6 Å². The lowest BCUT2D eigenvalue weighted by atomic mass is 9.93. The Labute approximate surface area is 191 Å². The fourth-order valence-electron chi connectivity index (χ4n) is 3.29. The highest BCUT2D eigenvalue weighted by molar-refractivity contribution is 6.35. The van der Waals surface area contributed by atoms with E-state index in [0.29, 0.717) is 33.7 Å². The molecule has 1 unspecified atom stereocenters. The summed E-state index contributed by atoms with van der Waals surface area (Å²) in [5.41, 5.74) is 4.72. The zero-order chi connectivity index (χ0) is 22.5. The van der Waals surface area contributed by atoms with Crippen molar-refractivity contribution in [3.05, 3.63) is 50.9 Å². The van der Waals surface area contributed by atoms with Crippen LogP contribution in [-0.2, 0) is 11.2 Å². The van der Waals surface area contributed by atoms with Gasteiger partial charge in [0, 0.05) is 28.6 Å². The van der Waals surface area contributed by atoms with Gasteiger partial charge in [0.25, 0.3) is 11.8 Å². The number of halogens is 2. The molecule has 0 radical (unpaired) electrons. The molecule has 0 aliphatic heterocycles. The first kappa shape index (κ1) is 23.2. The third-order valence-corrected chi connectivity index (χ3v) is 5.62. The molecule has 1 atom stereocenters. The first-order valence-electron chi connectivity index (χ1n) is 10.2. The minimum atomic E-state index is -0.429. The number of ether oxygens (including phenoxy) is 1. The summed E-state index contributed by atoms with van der Waals surface area (Å²) in [6.07, 6.45) is 3.03. The van der Waals surface area contributed by atoms with Gasteiger partial charge in [-0.2, -0.15) is 5.10 Å². The van der Waals surface area contributed by atoms with Gasteiger partial charge >= 0.3 is 0 Å². The maximum absolute atomic E-state index is 12.5. The monoisotopic (exact) mass is 465 g/mol. The lowest BCUT2D eigenvalue weighted by Gasteiger charge is -2.13. The Morgan fingerprint density at radius 2 is 2.06 bits per heavy atom. The van der Waals surface area contributed by atoms with Crippen molar-refractivity contribution in [2.75, 3.05) is 6.61 Å². The Hall–Kier alpha value is -2.51. The molecule has 1 aromatic carbocycles. The van der Waals surface area contributed by atoms with Crippen molar-refractivity contribution in [2.45, 2.75) is 52.5 Å². The summed E-state index contributed by atoms with van der Waals surface area (Å²) in [7, 11) is 0. The molecular weight excluding hydrogens is 441 g/mol. The number of nitrogens with zero attached hydrogens (tertiary/aromatic N) is 1. The summed E-state index contributed by atoms with van der Waals surface area (Å²) >= 11 is 11.9. The predicted octanol–water partition coefficient (Wildman–Crippen LogP) is 4.66. The van der Waals surface area contributed by atoms with Crippen molar-refractivity contribution in [3.63, 3.8) is 0 Å². The van der Waals surface area contributed by atoms with Gasteiger partial charge in [0.1, 0.15) is 11.5 Å². The molecule has 0 bridgehead atoms. The van der Waals surface area contributed by atoms with E-state index in [0.717, 1.165) is 36.1 Å². The van der Waals surface area contributed by atoms with E-state index in [4.69, 9.17) is 32.4 Å². The molecule has 0 saturated carbocycles. The van der Waals surface area contributed by atoms with Crippen molar-refractivity contribution in [3.8, 4) is 5.75 Å². The summed E-state index contributed by atoms with van der Waals surface area (Å²) < 4.78 is 11.3. The third kappa shape index (κ3) is 5.60. The Bertz CT molecular complexity index is 1020. The molecule has 1 aromatic heterocycles. The summed E-state index contributed by atoms with van der Waals surface area (Å²) in [6.45, 7) is 5.53. The minimum Gasteiger partial charge on any atom is -0.482 e. The van der Waals surface area contributed by atoms with Crippen molar-refractivity contribution < 1.29 is 18.7 Å². The van der Waals surface area contributed by atoms with Crippen LogP contribution in [0, 0.1) is 6.92 Å². The van der Waals surface area contributed by atoms with Crippen molar-refractivity contribution in [1.29, 1.82) is 0 Å². The van der Waals surface area contributed by atoms with Crippen LogP contribution in [0.15, 0.2) is 27.7 Å². The number of hydrazone groups is 1. The van der Waals surface area contributed by atoms with Gasteiger partial charge in [-0.1, -0.05) is 30.1 Å². The maximum Gasteiger partial charge on any atom is 0.287 e. The zero-order valence-electron chi connectivity index (χ0n) is 17.7. The topological polar surface area (TPSA) is 92.9 Å². The van der Waals surface area contributed by atoms with E-state index >= 15 is 0 Å². The molecule has 2 N–H and O–H groups in total. The Morgan fingerprint density at radius 3 is 2.77 bits per heavy atom. The number of rotatable bonds is 7. The molecule has 166 valence electrons. The fourth-order valence-corrected chi connectivity index (χ4v) is 3.75. The largest absolute Gasteiger partial charge is 0.482 e. The molecule has 2 amide bonds. The molecule has 1 aliphatic carbocycles. The van der Waals surface area contributed by atoms with Crippen LogP contribution in [0.4, 0.5) is 0 Å². The molecule has 7 nitrogen and oxygen atoms in total. The number of carbonyl (C=O) groups is 2. The number of benzene rings is 1. The van der Waals surface area contributed by atoms with Crippen LogP contribution in [0.5, 0.6) is 5.75 Å². The molecular formula is C22H25Cl2N3O4. The van der Waals surface area contributed by atoms with Crippen LogP contribution in [0.1, 0.15) is 60.6 Å². The van der Waals surface area contributed by atoms with Gasteiger partial charge in [-0.05, 0) is 51.3 Å². The van der Waals surface area contributed by atoms with Crippen molar-refractivity contribution >= 4 is 40.7 Å². The highest BCUT2D eigenvalue weighted by Gasteiger charge is 2.28. The predicted molar refractivity (Wildman–Crippen MR) is 120 cm³/mol. The van der Waals surface area contributed by atoms with Crippen LogP contribution in [0.2, 0.25) is 10.0 Å². The number of aryl methyl sites for hydroxylation is 1. The summed E-state index contributed by atoms with van der Waals surface area (Å²) in [5, 5.41) is 8.00. The maximum atomic E-state index is 12.5. The second kappa shape index (κ2) is 10.2. The van der Waals surface area contributed by atoms with Crippen LogP contribution < -0.4 is 15.5 Å². The van der Waals surface area contributed by atoms with Gasteiger partial charge in [-0.3, -0.25) is 9.59 Å². The Morgan fingerprint density at radius 1 is 1.29 bits per heavy atom. The molecule has 1 aliphatic rings. The Balaban J connectivity index is 1.69. The molecule has 0 fully saturated rings. The summed E-state index contributed by atoms with van der Waals surface area (Å²) in [5.74, 6) is 0.707. The summed E-state index contributed by atoms with van der Waals surface area (Å²) in [6, 6.07) is 4.81. The molecule has 1 heterocycles. The van der Waals surface area contributed by atoms with Gasteiger partial charge in [0.15, 0.2) is 12.4 Å². The number of fused-ring (bicyclic) bond motifs is 1. The number of amides is 2. The number of nitrogens with one attached hydrogen (secondary N) is 2. The van der Waals surface area contributed by atoms with E-state index < -0.39 is 5.91 Å². The molecule has 2 aromatic rings. The normalized spacial score (nSPS) is 15.3. The minimum absolute atomic E-state index is 0.0515. The molecule has 9 heteroatoms. The van der Waals surface area contributed by atoms with Gasteiger partial charge in [-0.15, -0.1) is 0 Å². The Kier molecular flexibility index (Phi) is 7.62. The van der Waals surface area contributed by atoms with E-state index in [1.165, 1.54) is 6.07 Å². The first-order chi connectivity index (χ1) is 14.8. The standard InChI is InChI=1S/C22H25Cl2N3O4/c1-4-12(2)25-22(29)21-13(3)20-16(6-5-7-18(20)31-21)26-27-19(28)11-30-17-9-8-14(23)10-15(17)24/h8-10,12H,4-7,11H2,1-3H3,(H,25,29)(H,27,28)/b26-16+. The number of carbonyl (C=O) groups excluding carboxylic acids is 2. The van der Waals surface area contributed by atoms with Gasteiger partial charge in [0.2, 0.25) is 0 Å². The van der Waals surface area contributed by atoms with E-state index in [1.807, 2.05) is 20.8 Å². The SMILES string of the molecule is CCC(C)NC(=O)c1oc2c(c1C)/C(=N/NC(=O)COc1ccc(Cl)cc1Cl)CCC2. The van der Waals surface area contributed by atoms with Crippen molar-refractivity contribution in [1.82, 2.24) is 10.7 Å². The average Bonchev–Trinajstić information content (AvgIpc) is 3.08. The first-order valence-corrected chi connectivity index (χ1v) is 10.9. The quantitative estimate of drug-likeness (QED) is 0.581. The van der Waals surface area contributed by atoms with Gasteiger partial charge in [0.05, 0.1) is 10.7 Å². The van der Waals surface area contributed by atoms with Crippen LogP contribution >= 0.6 is 23.2 Å². The number of hydrogen-bond donors (Lipinski definition) is 2. The van der Waals surface area contributed by atoms with Crippen LogP contribution in [0.3, 0.4) is 0 Å². The van der Waals surface area contributed by atoms with Crippen LogP contribution in [-0.4, -0.2) is 30.2 Å². The lowest BCUT2D eigenvalue weighted by Crippen LogP contribution is -2.32. The van der Waals surface area contributed by atoms with Crippen LogP contribution in [0.25, 0.3) is 0 Å². The van der Waals surface area contributed by atoms with E-state index in [9.17, 15) is 9.59 Å².